The Balaban J connectivity index is 2.31. The van der Waals surface area contributed by atoms with Crippen LogP contribution >= 0.6 is 11.6 Å². The molecule has 3 N–H and O–H groups in total. The Morgan fingerprint density at radius 2 is 2.17 bits per heavy atom. The van der Waals surface area contributed by atoms with Gasteiger partial charge < -0.3 is 10.6 Å². The van der Waals surface area contributed by atoms with Crippen molar-refractivity contribution in [2.75, 3.05) is 19.8 Å². The molecule has 0 radical (unpaired) electrons. The monoisotopic (exact) mass is 266 g/mol. The van der Waals surface area contributed by atoms with E-state index in [1.54, 1.807) is 0 Å². The quantitative estimate of drug-likeness (QED) is 0.895. The summed E-state index contributed by atoms with van der Waals surface area (Å²) in [5.41, 5.74) is 7.94. The van der Waals surface area contributed by atoms with Crippen molar-refractivity contribution in [1.29, 1.82) is 0 Å². The molecule has 0 aliphatic rings. The summed E-state index contributed by atoms with van der Waals surface area (Å²) in [5.74, 6) is 0.528. The lowest BCUT2D eigenvalue weighted by atomic mass is 10.0. The van der Waals surface area contributed by atoms with Crippen LogP contribution in [0.4, 0.5) is 5.82 Å². The fraction of sp³-hybridized carbons (Fsp3) is 0.462. The van der Waals surface area contributed by atoms with Crippen molar-refractivity contribution in [1.82, 2.24) is 15.1 Å². The smallest absolute Gasteiger partial charge is 0.153 e. The molecule has 2 rings (SSSR count). The minimum Gasteiger partial charge on any atom is -0.382 e. The molecular weight excluding hydrogens is 248 g/mol. The zero-order valence-corrected chi connectivity index (χ0v) is 11.8. The van der Waals surface area contributed by atoms with E-state index in [4.69, 9.17) is 17.3 Å². The number of nitrogens with two attached hydrogens (primary N) is 1. The number of H-pyrrole nitrogens is 1. The molecular formula is C13H19ClN4. The Morgan fingerprint density at radius 1 is 1.44 bits per heavy atom. The average Bonchev–Trinajstić information content (AvgIpc) is 2.69. The van der Waals surface area contributed by atoms with Gasteiger partial charge in [0.15, 0.2) is 5.82 Å². The third-order valence-corrected chi connectivity index (χ3v) is 3.86. The number of halogens is 1. The van der Waals surface area contributed by atoms with Crippen molar-refractivity contribution >= 4 is 28.3 Å². The standard InChI is InChI=1S/C13H19ClN4/c1-8(18(2)3)4-5-9-10(14)6-7-11-12(9)13(15)17-16-11/h6-8H,4-5H2,1-3H3,(H3,15,16,17). The number of nitrogens with zero attached hydrogens (tertiary/aromatic N) is 2. The number of anilines is 1. The Morgan fingerprint density at radius 3 is 2.83 bits per heavy atom. The molecule has 1 aromatic heterocycles. The second kappa shape index (κ2) is 5.16. The first-order valence-corrected chi connectivity index (χ1v) is 6.46. The normalized spacial score (nSPS) is 13.4. The van der Waals surface area contributed by atoms with Crippen LogP contribution in [0.3, 0.4) is 0 Å². The molecule has 2 aromatic rings. The number of benzene rings is 1. The average molecular weight is 267 g/mol. The van der Waals surface area contributed by atoms with Crippen molar-refractivity contribution < 1.29 is 0 Å². The maximum absolute atomic E-state index is 6.28. The summed E-state index contributed by atoms with van der Waals surface area (Å²) >= 11 is 6.28. The summed E-state index contributed by atoms with van der Waals surface area (Å²) in [5, 5.41) is 8.70. The number of aryl methyl sites for hydroxylation is 1. The second-order valence-corrected chi connectivity index (χ2v) is 5.32. The van der Waals surface area contributed by atoms with Gasteiger partial charge in [0.1, 0.15) is 0 Å². The number of nitrogen functional groups attached to an aromatic ring is 1. The van der Waals surface area contributed by atoms with Crippen molar-refractivity contribution in [3.05, 3.63) is 22.7 Å². The number of aromatic nitrogens is 2. The third-order valence-electron chi connectivity index (χ3n) is 3.50. The Kier molecular flexibility index (Phi) is 3.78. The summed E-state index contributed by atoms with van der Waals surface area (Å²) in [6.07, 6.45) is 1.94. The number of nitrogens with one attached hydrogen (secondary N) is 1. The number of rotatable bonds is 4. The summed E-state index contributed by atoms with van der Waals surface area (Å²) in [7, 11) is 4.16. The number of hydrogen-bond donors (Lipinski definition) is 2. The summed E-state index contributed by atoms with van der Waals surface area (Å²) in [6.45, 7) is 2.20. The van der Waals surface area contributed by atoms with Crippen LogP contribution in [0.25, 0.3) is 10.9 Å². The molecule has 5 heteroatoms. The number of fused-ring (bicyclic) bond motifs is 1. The molecule has 1 heterocycles. The molecule has 1 atom stereocenters. The van der Waals surface area contributed by atoms with Crippen LogP contribution in [-0.2, 0) is 6.42 Å². The lowest BCUT2D eigenvalue weighted by molar-refractivity contribution is 0.299. The molecule has 98 valence electrons. The van der Waals surface area contributed by atoms with Crippen LogP contribution in [0.1, 0.15) is 18.9 Å². The minimum absolute atomic E-state index is 0.504. The predicted octanol–water partition coefficient (Wildman–Crippen LogP) is 2.68. The topological polar surface area (TPSA) is 57.9 Å². The molecule has 18 heavy (non-hydrogen) atoms. The van der Waals surface area contributed by atoms with Crippen molar-refractivity contribution in [3.8, 4) is 0 Å². The Bertz CT molecular complexity index is 547. The van der Waals surface area contributed by atoms with Crippen LogP contribution in [-0.4, -0.2) is 35.2 Å². The highest BCUT2D eigenvalue weighted by atomic mass is 35.5. The molecule has 0 saturated heterocycles. The van der Waals surface area contributed by atoms with Gasteiger partial charge in [-0.3, -0.25) is 5.10 Å². The van der Waals surface area contributed by atoms with Crippen LogP contribution in [0, 0.1) is 0 Å². The first kappa shape index (κ1) is 13.2. The van der Waals surface area contributed by atoms with Gasteiger partial charge in [-0.25, -0.2) is 0 Å². The summed E-state index contributed by atoms with van der Waals surface area (Å²) in [4.78, 5) is 2.20. The Labute approximate surface area is 112 Å². The van der Waals surface area contributed by atoms with E-state index < -0.39 is 0 Å². The first-order chi connectivity index (χ1) is 8.50. The van der Waals surface area contributed by atoms with E-state index in [2.05, 4.69) is 36.1 Å². The molecule has 4 nitrogen and oxygen atoms in total. The fourth-order valence-electron chi connectivity index (χ4n) is 2.04. The van der Waals surface area contributed by atoms with Gasteiger partial charge in [-0.05, 0) is 51.6 Å². The lowest BCUT2D eigenvalue weighted by Crippen LogP contribution is -2.25. The SMILES string of the molecule is CC(CCc1c(Cl)ccc2[nH]nc(N)c12)N(C)C. The first-order valence-electron chi connectivity index (χ1n) is 6.08. The number of aromatic amines is 1. The zero-order chi connectivity index (χ0) is 13.3. The highest BCUT2D eigenvalue weighted by Crippen LogP contribution is 2.30. The van der Waals surface area contributed by atoms with E-state index >= 15 is 0 Å². The van der Waals surface area contributed by atoms with Crippen LogP contribution in [0.2, 0.25) is 5.02 Å². The van der Waals surface area contributed by atoms with E-state index in [0.29, 0.717) is 11.9 Å². The third kappa shape index (κ3) is 2.44. The van der Waals surface area contributed by atoms with E-state index in [-0.39, 0.29) is 0 Å². The van der Waals surface area contributed by atoms with E-state index in [1.807, 2.05) is 12.1 Å². The maximum Gasteiger partial charge on any atom is 0.153 e. The highest BCUT2D eigenvalue weighted by molar-refractivity contribution is 6.32. The minimum atomic E-state index is 0.504. The van der Waals surface area contributed by atoms with Crippen LogP contribution in [0.5, 0.6) is 0 Å². The Hall–Kier alpha value is -1.26. The van der Waals surface area contributed by atoms with Crippen LogP contribution in [0.15, 0.2) is 12.1 Å². The van der Waals surface area contributed by atoms with E-state index in [0.717, 1.165) is 34.3 Å². The van der Waals surface area contributed by atoms with Crippen molar-refractivity contribution in [2.24, 2.45) is 0 Å². The molecule has 0 fully saturated rings. The summed E-state index contributed by atoms with van der Waals surface area (Å²) in [6, 6.07) is 4.32. The molecule has 1 unspecified atom stereocenters. The van der Waals surface area contributed by atoms with Gasteiger partial charge in [-0.15, -0.1) is 0 Å². The van der Waals surface area contributed by atoms with E-state index in [9.17, 15) is 0 Å². The molecule has 0 amide bonds. The number of hydrogen-bond acceptors (Lipinski definition) is 3. The second-order valence-electron chi connectivity index (χ2n) is 4.91. The molecule has 0 saturated carbocycles. The van der Waals surface area contributed by atoms with Crippen molar-refractivity contribution in [3.63, 3.8) is 0 Å². The maximum atomic E-state index is 6.28. The van der Waals surface area contributed by atoms with Gasteiger partial charge in [0.2, 0.25) is 0 Å². The van der Waals surface area contributed by atoms with Gasteiger partial charge in [0.05, 0.1) is 5.52 Å². The molecule has 0 aliphatic carbocycles. The molecule has 0 bridgehead atoms. The van der Waals surface area contributed by atoms with E-state index in [1.165, 1.54) is 0 Å². The van der Waals surface area contributed by atoms with Gasteiger partial charge in [0, 0.05) is 16.5 Å². The highest BCUT2D eigenvalue weighted by Gasteiger charge is 2.13. The summed E-state index contributed by atoms with van der Waals surface area (Å²) < 4.78 is 0. The molecule has 0 aliphatic heterocycles. The lowest BCUT2D eigenvalue weighted by Gasteiger charge is -2.20. The zero-order valence-electron chi connectivity index (χ0n) is 11.0. The fourth-order valence-corrected chi connectivity index (χ4v) is 2.29. The van der Waals surface area contributed by atoms with Gasteiger partial charge >= 0.3 is 0 Å². The largest absolute Gasteiger partial charge is 0.382 e. The predicted molar refractivity (Wildman–Crippen MR) is 77.0 cm³/mol. The molecule has 1 aromatic carbocycles. The van der Waals surface area contributed by atoms with Crippen LogP contribution < -0.4 is 5.73 Å². The molecule has 0 spiro atoms. The van der Waals surface area contributed by atoms with Gasteiger partial charge in [0.25, 0.3) is 0 Å². The van der Waals surface area contributed by atoms with Gasteiger partial charge in [-0.2, -0.15) is 5.10 Å². The van der Waals surface area contributed by atoms with Crippen molar-refractivity contribution in [2.45, 2.75) is 25.8 Å². The van der Waals surface area contributed by atoms with Gasteiger partial charge in [-0.1, -0.05) is 11.6 Å².